The Balaban J connectivity index is 2.41. The van der Waals surface area contributed by atoms with Crippen LogP contribution in [0.1, 0.15) is 22.1 Å². The lowest BCUT2D eigenvalue weighted by molar-refractivity contribution is 0.223. The third-order valence-electron chi connectivity index (χ3n) is 2.27. The van der Waals surface area contributed by atoms with Gasteiger partial charge in [-0.25, -0.2) is 4.39 Å². The molecule has 84 valence electrons. The molecule has 1 N–H and O–H groups in total. The lowest BCUT2D eigenvalue weighted by Crippen LogP contribution is -1.99. The second-order valence-corrected chi connectivity index (χ2v) is 5.40. The predicted molar refractivity (Wildman–Crippen MR) is 67.2 cm³/mol. The minimum Gasteiger partial charge on any atom is -0.383 e. The van der Waals surface area contributed by atoms with Crippen LogP contribution in [0.3, 0.4) is 0 Å². The number of aryl methyl sites for hydroxylation is 1. The Bertz CT molecular complexity index is 489. The summed E-state index contributed by atoms with van der Waals surface area (Å²) < 4.78 is 14.1. The first kappa shape index (κ1) is 11.8. The van der Waals surface area contributed by atoms with Crippen LogP contribution < -0.4 is 0 Å². The van der Waals surface area contributed by atoms with Gasteiger partial charge in [-0.15, -0.1) is 11.3 Å². The number of aliphatic hydroxyl groups excluding tert-OH is 1. The van der Waals surface area contributed by atoms with Crippen LogP contribution >= 0.6 is 27.3 Å². The van der Waals surface area contributed by atoms with Crippen molar-refractivity contribution in [2.24, 2.45) is 0 Å². The molecule has 0 bridgehead atoms. The van der Waals surface area contributed by atoms with E-state index in [1.54, 1.807) is 6.07 Å². The van der Waals surface area contributed by atoms with Crippen molar-refractivity contribution in [2.45, 2.75) is 13.0 Å². The Morgan fingerprint density at radius 3 is 2.69 bits per heavy atom. The Morgan fingerprint density at radius 1 is 1.38 bits per heavy atom. The van der Waals surface area contributed by atoms with Crippen LogP contribution in [-0.2, 0) is 0 Å². The number of halogens is 2. The molecule has 0 amide bonds. The molecule has 4 heteroatoms. The molecule has 1 atom stereocenters. The van der Waals surface area contributed by atoms with Gasteiger partial charge in [0.05, 0.1) is 4.88 Å². The van der Waals surface area contributed by atoms with Crippen LogP contribution in [0.5, 0.6) is 0 Å². The average molecular weight is 301 g/mol. The highest BCUT2D eigenvalue weighted by molar-refractivity contribution is 9.10. The van der Waals surface area contributed by atoms with Gasteiger partial charge in [-0.2, -0.15) is 0 Å². The summed E-state index contributed by atoms with van der Waals surface area (Å²) in [6.45, 7) is 1.81. The van der Waals surface area contributed by atoms with Crippen molar-refractivity contribution in [3.05, 3.63) is 55.9 Å². The maximum atomic E-state index is 13.2. The van der Waals surface area contributed by atoms with Crippen LogP contribution in [-0.4, -0.2) is 5.11 Å². The van der Waals surface area contributed by atoms with Gasteiger partial charge in [0.25, 0.3) is 0 Å². The molecular formula is C12H10BrFOS. The molecule has 1 aromatic heterocycles. The molecule has 0 saturated carbocycles. The summed E-state index contributed by atoms with van der Waals surface area (Å²) in [6.07, 6.45) is -0.774. The SMILES string of the molecule is Cc1cc(F)cc(C(O)c2sccc2Br)c1. The molecule has 2 rings (SSSR count). The van der Waals surface area contributed by atoms with Gasteiger partial charge in [-0.1, -0.05) is 6.07 Å². The number of rotatable bonds is 2. The second kappa shape index (κ2) is 4.65. The van der Waals surface area contributed by atoms with Crippen LogP contribution in [0.4, 0.5) is 4.39 Å². The van der Waals surface area contributed by atoms with Crippen LogP contribution in [0.2, 0.25) is 0 Å². The fourth-order valence-electron chi connectivity index (χ4n) is 1.57. The summed E-state index contributed by atoms with van der Waals surface area (Å²) in [5.41, 5.74) is 1.39. The third-order valence-corrected chi connectivity index (χ3v) is 4.20. The number of benzene rings is 1. The number of thiophene rings is 1. The van der Waals surface area contributed by atoms with Crippen LogP contribution in [0, 0.1) is 12.7 Å². The van der Waals surface area contributed by atoms with E-state index in [9.17, 15) is 9.50 Å². The van der Waals surface area contributed by atoms with Gasteiger partial charge in [0.1, 0.15) is 11.9 Å². The molecule has 0 aliphatic heterocycles. The van der Waals surface area contributed by atoms with E-state index in [4.69, 9.17) is 0 Å². The summed E-state index contributed by atoms with van der Waals surface area (Å²) in [7, 11) is 0. The van der Waals surface area contributed by atoms with E-state index in [0.717, 1.165) is 14.9 Å². The fraction of sp³-hybridized carbons (Fsp3) is 0.167. The molecule has 0 fully saturated rings. The van der Waals surface area contributed by atoms with Gasteiger partial charge in [-0.05, 0) is 57.6 Å². The van der Waals surface area contributed by atoms with Gasteiger partial charge in [-0.3, -0.25) is 0 Å². The minimum atomic E-state index is -0.774. The minimum absolute atomic E-state index is 0.318. The van der Waals surface area contributed by atoms with Crippen LogP contribution in [0.25, 0.3) is 0 Å². The third kappa shape index (κ3) is 2.34. The van der Waals surface area contributed by atoms with E-state index in [0.29, 0.717) is 5.56 Å². The molecule has 0 aliphatic carbocycles. The number of aliphatic hydroxyl groups is 1. The summed E-state index contributed by atoms with van der Waals surface area (Å²) in [6, 6.07) is 6.47. The Morgan fingerprint density at radius 2 is 2.12 bits per heavy atom. The van der Waals surface area contributed by atoms with E-state index < -0.39 is 6.10 Å². The van der Waals surface area contributed by atoms with E-state index >= 15 is 0 Å². The molecule has 0 aliphatic rings. The van der Waals surface area contributed by atoms with Crippen molar-refractivity contribution >= 4 is 27.3 Å². The fourth-order valence-corrected chi connectivity index (χ4v) is 3.18. The van der Waals surface area contributed by atoms with Gasteiger partial charge in [0, 0.05) is 4.47 Å². The van der Waals surface area contributed by atoms with Gasteiger partial charge in [0.2, 0.25) is 0 Å². The molecule has 1 heterocycles. The smallest absolute Gasteiger partial charge is 0.123 e. The molecule has 1 aromatic carbocycles. The van der Waals surface area contributed by atoms with Crippen molar-refractivity contribution in [1.29, 1.82) is 0 Å². The highest BCUT2D eigenvalue weighted by Gasteiger charge is 2.15. The Kier molecular flexibility index (Phi) is 3.42. The maximum Gasteiger partial charge on any atom is 0.123 e. The zero-order valence-corrected chi connectivity index (χ0v) is 11.0. The molecular weight excluding hydrogens is 291 g/mol. The van der Waals surface area contributed by atoms with E-state index in [1.807, 2.05) is 18.4 Å². The van der Waals surface area contributed by atoms with Gasteiger partial charge in [0.15, 0.2) is 0 Å². The first-order valence-electron chi connectivity index (χ1n) is 4.76. The van der Waals surface area contributed by atoms with Crippen molar-refractivity contribution in [3.63, 3.8) is 0 Å². The van der Waals surface area contributed by atoms with Crippen molar-refractivity contribution in [1.82, 2.24) is 0 Å². The van der Waals surface area contributed by atoms with E-state index in [1.165, 1.54) is 23.5 Å². The quantitative estimate of drug-likeness (QED) is 0.887. The molecule has 0 radical (unpaired) electrons. The zero-order valence-electron chi connectivity index (χ0n) is 8.58. The van der Waals surface area contributed by atoms with Gasteiger partial charge < -0.3 is 5.11 Å². The summed E-state index contributed by atoms with van der Waals surface area (Å²) in [5.74, 6) is -0.318. The van der Waals surface area contributed by atoms with Gasteiger partial charge >= 0.3 is 0 Å². The normalized spacial score (nSPS) is 12.8. The lowest BCUT2D eigenvalue weighted by Gasteiger charge is -2.11. The number of hydrogen-bond donors (Lipinski definition) is 1. The summed E-state index contributed by atoms with van der Waals surface area (Å²) >= 11 is 4.80. The monoisotopic (exact) mass is 300 g/mol. The molecule has 1 unspecified atom stereocenters. The first-order chi connectivity index (χ1) is 7.58. The number of hydrogen-bond acceptors (Lipinski definition) is 2. The second-order valence-electron chi connectivity index (χ2n) is 3.60. The highest BCUT2D eigenvalue weighted by Crippen LogP contribution is 2.33. The lowest BCUT2D eigenvalue weighted by atomic mass is 10.1. The van der Waals surface area contributed by atoms with E-state index in [-0.39, 0.29) is 5.82 Å². The average Bonchev–Trinajstić information content (AvgIpc) is 2.62. The maximum absolute atomic E-state index is 13.2. The largest absolute Gasteiger partial charge is 0.383 e. The summed E-state index contributed by atoms with van der Waals surface area (Å²) in [4.78, 5) is 0.796. The predicted octanol–water partition coefficient (Wildman–Crippen LogP) is 4.04. The molecule has 0 saturated heterocycles. The molecule has 1 nitrogen and oxygen atoms in total. The van der Waals surface area contributed by atoms with Crippen molar-refractivity contribution in [3.8, 4) is 0 Å². The zero-order chi connectivity index (χ0) is 11.7. The van der Waals surface area contributed by atoms with Crippen molar-refractivity contribution < 1.29 is 9.50 Å². The Labute approximate surface area is 106 Å². The molecule has 2 aromatic rings. The molecule has 0 spiro atoms. The first-order valence-corrected chi connectivity index (χ1v) is 6.43. The highest BCUT2D eigenvalue weighted by atomic mass is 79.9. The summed E-state index contributed by atoms with van der Waals surface area (Å²) in [5, 5.41) is 12.0. The van der Waals surface area contributed by atoms with Crippen molar-refractivity contribution in [2.75, 3.05) is 0 Å². The topological polar surface area (TPSA) is 20.2 Å². The molecule has 16 heavy (non-hydrogen) atoms. The van der Waals surface area contributed by atoms with E-state index in [2.05, 4.69) is 15.9 Å². The Hall–Kier alpha value is -0.710. The standard InChI is InChI=1S/C12H10BrFOS/c1-7-4-8(6-9(14)5-7)11(15)12-10(13)2-3-16-12/h2-6,11,15H,1H3. The van der Waals surface area contributed by atoms with Crippen LogP contribution in [0.15, 0.2) is 34.1 Å².